The van der Waals surface area contributed by atoms with Crippen LogP contribution in [-0.2, 0) is 47.5 Å². The molecule has 300 valence electrons. The molecule has 0 N–H and O–H groups in total. The van der Waals surface area contributed by atoms with Crippen molar-refractivity contribution in [1.82, 2.24) is 4.90 Å². The predicted octanol–water partition coefficient (Wildman–Crippen LogP) is 5.88. The Labute approximate surface area is 317 Å². The highest BCUT2D eigenvalue weighted by Gasteiger charge is 2.53. The number of hydrogen-bond acceptors (Lipinski definition) is 11. The molecule has 6 rings (SSSR count). The van der Waals surface area contributed by atoms with E-state index < -0.39 is 12.4 Å². The van der Waals surface area contributed by atoms with Crippen LogP contribution in [0.4, 0.5) is 0 Å². The fraction of sp³-hybridized carbons (Fsp3) is 0.857. The van der Waals surface area contributed by atoms with Crippen LogP contribution in [0.2, 0.25) is 0 Å². The number of rotatable bonds is 9. The second-order valence-corrected chi connectivity index (χ2v) is 17.0. The molecule has 3 aliphatic carbocycles. The number of cyclic esters (lactones) is 1. The lowest BCUT2D eigenvalue weighted by Crippen LogP contribution is -2.59. The van der Waals surface area contributed by atoms with Crippen molar-refractivity contribution in [3.8, 4) is 0 Å². The summed E-state index contributed by atoms with van der Waals surface area (Å²) < 4.78 is 49.8. The molecule has 0 aromatic rings. The molecule has 4 fully saturated rings. The SMILES string of the molecule is CC[C@H]1CCCC(O[C@H]2CC[C@H](N(C)C)[C@@H](C)O2)[C@@H](C)C(=O)C2=C[C@H]3[C@H](C=C(C)[C@H]4C[C@@H](O[C@@H]5O[C@@H](C)[C@H](OC)[C@@H](OC)[C@H]5OC)C[C@@H]34)[C@@H]2CC(=O)O1. The number of Topliss-reactive ketones (excluding diaryl/α,β-unsaturated/α-hetero) is 1. The van der Waals surface area contributed by atoms with E-state index in [4.69, 9.17) is 37.9 Å². The summed E-state index contributed by atoms with van der Waals surface area (Å²) in [6.45, 7) is 10.4. The Kier molecular flexibility index (Phi) is 13.6. The second-order valence-electron chi connectivity index (χ2n) is 17.0. The van der Waals surface area contributed by atoms with Gasteiger partial charge in [0.2, 0.25) is 0 Å². The first-order chi connectivity index (χ1) is 25.4. The van der Waals surface area contributed by atoms with Crippen molar-refractivity contribution >= 4 is 11.8 Å². The fourth-order valence-corrected chi connectivity index (χ4v) is 10.8. The summed E-state index contributed by atoms with van der Waals surface area (Å²) in [6, 6.07) is 0.337. The number of carbonyl (C=O) groups excluding carboxylic acids is 2. The molecule has 6 aliphatic rings. The number of ether oxygens (including phenoxy) is 8. The van der Waals surface area contributed by atoms with E-state index in [1.54, 1.807) is 21.3 Å². The third-order valence-electron chi connectivity index (χ3n) is 13.7. The number of allylic oxidation sites excluding steroid dienone is 4. The maximum Gasteiger partial charge on any atom is 0.306 e. The van der Waals surface area contributed by atoms with Crippen molar-refractivity contribution in [3.63, 3.8) is 0 Å². The van der Waals surface area contributed by atoms with Gasteiger partial charge < -0.3 is 42.8 Å². The molecule has 53 heavy (non-hydrogen) atoms. The van der Waals surface area contributed by atoms with Gasteiger partial charge in [-0.3, -0.25) is 9.59 Å². The van der Waals surface area contributed by atoms with Gasteiger partial charge in [-0.15, -0.1) is 0 Å². The Morgan fingerprint density at radius 3 is 2.21 bits per heavy atom. The van der Waals surface area contributed by atoms with Crippen LogP contribution < -0.4 is 0 Å². The molecular weight excluding hydrogens is 678 g/mol. The topological polar surface area (TPSA) is 111 Å². The van der Waals surface area contributed by atoms with Crippen LogP contribution >= 0.6 is 0 Å². The summed E-state index contributed by atoms with van der Waals surface area (Å²) in [5, 5.41) is 0. The van der Waals surface area contributed by atoms with Gasteiger partial charge in [-0.25, -0.2) is 0 Å². The normalized spacial score (nSPS) is 45.3. The number of ketones is 1. The van der Waals surface area contributed by atoms with Crippen LogP contribution in [0, 0.1) is 35.5 Å². The average Bonchev–Trinajstić information content (AvgIpc) is 3.71. The molecule has 3 saturated heterocycles. The van der Waals surface area contributed by atoms with E-state index in [0.29, 0.717) is 18.4 Å². The number of esters is 1. The van der Waals surface area contributed by atoms with E-state index in [1.807, 2.05) is 13.8 Å². The highest BCUT2D eigenvalue weighted by molar-refractivity contribution is 5.99. The van der Waals surface area contributed by atoms with E-state index in [1.165, 1.54) is 5.57 Å². The van der Waals surface area contributed by atoms with E-state index in [2.05, 4.69) is 51.9 Å². The Balaban J connectivity index is 1.23. The Hall–Kier alpha value is -1.70. The maximum absolute atomic E-state index is 14.7. The van der Waals surface area contributed by atoms with Crippen LogP contribution in [0.15, 0.2) is 23.3 Å². The van der Waals surface area contributed by atoms with Gasteiger partial charge in [0, 0.05) is 39.2 Å². The van der Waals surface area contributed by atoms with Gasteiger partial charge >= 0.3 is 5.97 Å². The van der Waals surface area contributed by atoms with Crippen molar-refractivity contribution in [2.45, 2.75) is 160 Å². The third kappa shape index (κ3) is 8.53. The van der Waals surface area contributed by atoms with Crippen molar-refractivity contribution in [3.05, 3.63) is 23.3 Å². The minimum Gasteiger partial charge on any atom is -0.462 e. The van der Waals surface area contributed by atoms with Crippen LogP contribution in [0.25, 0.3) is 0 Å². The summed E-state index contributed by atoms with van der Waals surface area (Å²) in [5.41, 5.74) is 2.07. The summed E-state index contributed by atoms with van der Waals surface area (Å²) >= 11 is 0. The minimum absolute atomic E-state index is 0.0364. The number of nitrogens with zero attached hydrogens (tertiary/aromatic N) is 1. The highest BCUT2D eigenvalue weighted by Crippen LogP contribution is 2.56. The van der Waals surface area contributed by atoms with Gasteiger partial charge in [0.1, 0.15) is 24.4 Å². The van der Waals surface area contributed by atoms with Crippen LogP contribution in [-0.4, -0.2) is 120 Å². The van der Waals surface area contributed by atoms with Crippen molar-refractivity contribution in [2.75, 3.05) is 35.4 Å². The van der Waals surface area contributed by atoms with Crippen LogP contribution in [0.3, 0.4) is 0 Å². The van der Waals surface area contributed by atoms with Crippen LogP contribution in [0.5, 0.6) is 0 Å². The lowest BCUT2D eigenvalue weighted by Gasteiger charge is -2.44. The summed E-state index contributed by atoms with van der Waals surface area (Å²) in [4.78, 5) is 30.5. The zero-order valence-electron chi connectivity index (χ0n) is 33.9. The fourth-order valence-electron chi connectivity index (χ4n) is 10.8. The molecular formula is C42H67NO10. The Bertz CT molecular complexity index is 1330. The summed E-state index contributed by atoms with van der Waals surface area (Å²) in [5.74, 6) is 0.00947. The first-order valence-electron chi connectivity index (χ1n) is 20.4. The smallest absolute Gasteiger partial charge is 0.306 e. The molecule has 1 saturated carbocycles. The van der Waals surface area contributed by atoms with E-state index in [-0.39, 0.29) is 96.8 Å². The average molecular weight is 746 g/mol. The molecule has 0 amide bonds. The summed E-state index contributed by atoms with van der Waals surface area (Å²) in [7, 11) is 9.16. The quantitative estimate of drug-likeness (QED) is 0.209. The van der Waals surface area contributed by atoms with Gasteiger partial charge in [-0.05, 0) is 115 Å². The van der Waals surface area contributed by atoms with Gasteiger partial charge in [-0.2, -0.15) is 0 Å². The van der Waals surface area contributed by atoms with Crippen molar-refractivity contribution < 1.29 is 47.5 Å². The Morgan fingerprint density at radius 1 is 0.811 bits per heavy atom. The van der Waals surface area contributed by atoms with Gasteiger partial charge in [-0.1, -0.05) is 31.6 Å². The van der Waals surface area contributed by atoms with Crippen LogP contribution in [0.1, 0.15) is 92.4 Å². The molecule has 0 radical (unpaired) electrons. The molecule has 11 heteroatoms. The largest absolute Gasteiger partial charge is 0.462 e. The first-order valence-corrected chi connectivity index (χ1v) is 20.4. The van der Waals surface area contributed by atoms with Gasteiger partial charge in [0.25, 0.3) is 0 Å². The molecule has 0 spiro atoms. The predicted molar refractivity (Wildman–Crippen MR) is 199 cm³/mol. The zero-order valence-corrected chi connectivity index (χ0v) is 33.9. The molecule has 0 aromatic carbocycles. The monoisotopic (exact) mass is 745 g/mol. The number of hydrogen-bond donors (Lipinski definition) is 0. The Morgan fingerprint density at radius 2 is 1.55 bits per heavy atom. The number of methoxy groups -OCH3 is 3. The first kappa shape index (κ1) is 40.9. The molecule has 1 unspecified atom stereocenters. The maximum atomic E-state index is 14.7. The number of carbonyl (C=O) groups is 2. The lowest BCUT2D eigenvalue weighted by atomic mass is 9.67. The second kappa shape index (κ2) is 17.6. The molecule has 11 nitrogen and oxygen atoms in total. The molecule has 0 bridgehead atoms. The minimum atomic E-state index is -0.598. The standard InChI is InChI=1S/C42H67NO10/c1-11-26-13-12-14-35(53-37-16-15-34(43(6)7)24(4)49-37)23(3)38(45)33-20-31-29(32(33)21-36(44)51-26)17-22(2)28-18-27(19-30(28)31)52-42-41(48-10)40(47-9)39(46-8)25(5)50-42/h17,20,23-32,34-35,37,39-42H,11-16,18-19,21H2,1-10H3/t23-,24-,25+,26+,27-,28-,29+,30-,31+,32+,34+,35?,37+,39+,40-,41-,42+/m1/s1. The molecule has 17 atom stereocenters. The van der Waals surface area contributed by atoms with E-state index >= 15 is 0 Å². The van der Waals surface area contributed by atoms with Gasteiger partial charge in [0.15, 0.2) is 18.4 Å². The van der Waals surface area contributed by atoms with Crippen molar-refractivity contribution in [2.24, 2.45) is 35.5 Å². The van der Waals surface area contributed by atoms with Crippen molar-refractivity contribution in [1.29, 1.82) is 0 Å². The third-order valence-corrected chi connectivity index (χ3v) is 13.7. The highest BCUT2D eigenvalue weighted by atomic mass is 16.7. The van der Waals surface area contributed by atoms with E-state index in [9.17, 15) is 9.59 Å². The molecule has 3 aliphatic heterocycles. The van der Waals surface area contributed by atoms with E-state index in [0.717, 1.165) is 50.5 Å². The zero-order chi connectivity index (χ0) is 38.1. The summed E-state index contributed by atoms with van der Waals surface area (Å²) in [6.07, 6.45) is 8.58. The number of fused-ring (bicyclic) bond motifs is 5. The van der Waals surface area contributed by atoms with Gasteiger partial charge in [0.05, 0.1) is 30.8 Å². The molecule has 0 aromatic heterocycles. The number of likely N-dealkylation sites (N-methyl/N-ethyl adjacent to an activating group) is 1. The molecule has 3 heterocycles. The lowest BCUT2D eigenvalue weighted by molar-refractivity contribution is -0.314.